The quantitative estimate of drug-likeness (QED) is 0.472. The number of ketones is 1. The average Bonchev–Trinajstić information content (AvgIpc) is 2.74. The normalized spacial score (nSPS) is 10.2. The molecule has 18 heavy (non-hydrogen) atoms. The van der Waals surface area contributed by atoms with Crippen molar-refractivity contribution in [2.75, 3.05) is 30.5 Å². The summed E-state index contributed by atoms with van der Waals surface area (Å²) in [5.74, 6) is 0.217. The third-order valence-electron chi connectivity index (χ3n) is 2.00. The first-order valence-electron chi connectivity index (χ1n) is 5.51. The molecule has 100 valence electrons. The van der Waals surface area contributed by atoms with Crippen LogP contribution >= 0.6 is 23.1 Å². The van der Waals surface area contributed by atoms with Crippen molar-refractivity contribution in [1.29, 1.82) is 0 Å². The minimum atomic E-state index is -0.545. The smallest absolute Gasteiger partial charge is 0.358 e. The first-order valence-corrected chi connectivity index (χ1v) is 7.72. The lowest BCUT2D eigenvalue weighted by Crippen LogP contribution is -2.10. The summed E-state index contributed by atoms with van der Waals surface area (Å²) >= 11 is 2.90. The second-order valence-electron chi connectivity index (χ2n) is 3.39. The molecule has 0 amide bonds. The number of rotatable bonds is 7. The number of hydrogen-bond acceptors (Lipinski definition) is 7. The molecule has 0 aliphatic heterocycles. The standard InChI is InChI=1S/C11H16N2O3S2/c1-4-16-10(15)8-9(7(2)14)18-11(13-8)12-5-6-17-3/h4-6H2,1-3H3,(H,12,13). The van der Waals surface area contributed by atoms with Gasteiger partial charge < -0.3 is 10.1 Å². The summed E-state index contributed by atoms with van der Waals surface area (Å²) in [5, 5.41) is 3.67. The van der Waals surface area contributed by atoms with Crippen molar-refractivity contribution in [3.8, 4) is 0 Å². The van der Waals surface area contributed by atoms with Crippen molar-refractivity contribution in [3.05, 3.63) is 10.6 Å². The molecule has 1 aromatic rings. The van der Waals surface area contributed by atoms with Gasteiger partial charge >= 0.3 is 5.97 Å². The van der Waals surface area contributed by atoms with Gasteiger partial charge in [0.1, 0.15) is 4.88 Å². The minimum Gasteiger partial charge on any atom is -0.461 e. The summed E-state index contributed by atoms with van der Waals surface area (Å²) < 4.78 is 4.88. The highest BCUT2D eigenvalue weighted by Gasteiger charge is 2.21. The fourth-order valence-electron chi connectivity index (χ4n) is 1.23. The zero-order chi connectivity index (χ0) is 13.5. The molecule has 1 heterocycles. The second-order valence-corrected chi connectivity index (χ2v) is 5.38. The van der Waals surface area contributed by atoms with E-state index in [2.05, 4.69) is 10.3 Å². The van der Waals surface area contributed by atoms with E-state index in [0.717, 1.165) is 12.3 Å². The fraction of sp³-hybridized carbons (Fsp3) is 0.545. The topological polar surface area (TPSA) is 68.3 Å². The Bertz CT molecular complexity index is 432. The zero-order valence-corrected chi connectivity index (χ0v) is 12.2. The molecule has 7 heteroatoms. The lowest BCUT2D eigenvalue weighted by Gasteiger charge is -1.99. The Labute approximate surface area is 114 Å². The maximum Gasteiger partial charge on any atom is 0.358 e. The molecule has 0 saturated carbocycles. The molecule has 0 spiro atoms. The number of anilines is 1. The number of nitrogens with zero attached hydrogens (tertiary/aromatic N) is 1. The van der Waals surface area contributed by atoms with Crippen LogP contribution < -0.4 is 5.32 Å². The number of Topliss-reactive ketones (excluding diaryl/α,β-unsaturated/α-hetero) is 1. The molecule has 0 bridgehead atoms. The molecule has 0 radical (unpaired) electrons. The van der Waals surface area contributed by atoms with Gasteiger partial charge in [-0.2, -0.15) is 11.8 Å². The van der Waals surface area contributed by atoms with E-state index < -0.39 is 5.97 Å². The Morgan fingerprint density at radius 2 is 2.22 bits per heavy atom. The predicted molar refractivity (Wildman–Crippen MR) is 74.9 cm³/mol. The van der Waals surface area contributed by atoms with Crippen molar-refractivity contribution in [1.82, 2.24) is 4.98 Å². The molecule has 0 aliphatic rings. The summed E-state index contributed by atoms with van der Waals surface area (Å²) in [6.07, 6.45) is 2.01. The van der Waals surface area contributed by atoms with E-state index in [1.54, 1.807) is 18.7 Å². The number of hydrogen-bond donors (Lipinski definition) is 1. The van der Waals surface area contributed by atoms with E-state index in [1.807, 2.05) is 6.26 Å². The van der Waals surface area contributed by atoms with Gasteiger partial charge in [0, 0.05) is 19.2 Å². The number of esters is 1. The Balaban J connectivity index is 2.87. The van der Waals surface area contributed by atoms with Gasteiger partial charge in [-0.3, -0.25) is 4.79 Å². The maximum absolute atomic E-state index is 11.7. The highest BCUT2D eigenvalue weighted by atomic mass is 32.2. The number of nitrogens with one attached hydrogen (secondary N) is 1. The summed E-state index contributed by atoms with van der Waals surface area (Å²) in [7, 11) is 0. The number of carbonyl (C=O) groups excluding carboxylic acids is 2. The number of aromatic nitrogens is 1. The van der Waals surface area contributed by atoms with Crippen LogP contribution in [0.2, 0.25) is 0 Å². The summed E-state index contributed by atoms with van der Waals surface area (Å²) in [6, 6.07) is 0. The first kappa shape index (κ1) is 15.0. The molecule has 0 aromatic carbocycles. The lowest BCUT2D eigenvalue weighted by atomic mass is 10.3. The fourth-order valence-corrected chi connectivity index (χ4v) is 2.41. The van der Waals surface area contributed by atoms with Crippen LogP contribution in [0, 0.1) is 0 Å². The van der Waals surface area contributed by atoms with Crippen LogP contribution in [0.5, 0.6) is 0 Å². The third kappa shape index (κ3) is 3.99. The minimum absolute atomic E-state index is 0.112. The van der Waals surface area contributed by atoms with Crippen LogP contribution in [0.3, 0.4) is 0 Å². The van der Waals surface area contributed by atoms with E-state index in [9.17, 15) is 9.59 Å². The molecule has 0 aliphatic carbocycles. The molecule has 1 N–H and O–H groups in total. The Morgan fingerprint density at radius 1 is 1.50 bits per heavy atom. The van der Waals surface area contributed by atoms with Crippen molar-refractivity contribution in [2.45, 2.75) is 13.8 Å². The highest BCUT2D eigenvalue weighted by Crippen LogP contribution is 2.24. The number of thioether (sulfide) groups is 1. The van der Waals surface area contributed by atoms with Gasteiger partial charge in [0.2, 0.25) is 0 Å². The lowest BCUT2D eigenvalue weighted by molar-refractivity contribution is 0.0517. The second kappa shape index (κ2) is 7.38. The van der Waals surface area contributed by atoms with Crippen molar-refractivity contribution in [3.63, 3.8) is 0 Å². The zero-order valence-electron chi connectivity index (χ0n) is 10.6. The summed E-state index contributed by atoms with van der Waals surface area (Å²) in [6.45, 7) is 4.15. The van der Waals surface area contributed by atoms with E-state index in [4.69, 9.17) is 4.74 Å². The van der Waals surface area contributed by atoms with Crippen molar-refractivity contribution in [2.24, 2.45) is 0 Å². The van der Waals surface area contributed by atoms with Gasteiger partial charge in [-0.15, -0.1) is 0 Å². The van der Waals surface area contributed by atoms with Crippen LogP contribution in [0.15, 0.2) is 0 Å². The van der Waals surface area contributed by atoms with Gasteiger partial charge in [0.25, 0.3) is 0 Å². The van der Waals surface area contributed by atoms with Crippen molar-refractivity contribution >= 4 is 40.0 Å². The van der Waals surface area contributed by atoms with Gasteiger partial charge in [-0.25, -0.2) is 9.78 Å². The molecule has 5 nitrogen and oxygen atoms in total. The summed E-state index contributed by atoms with van der Waals surface area (Å²) in [5.41, 5.74) is 0.112. The molecule has 0 unspecified atom stereocenters. The first-order chi connectivity index (χ1) is 8.60. The molecule has 1 rings (SSSR count). The van der Waals surface area contributed by atoms with E-state index in [0.29, 0.717) is 10.0 Å². The Hall–Kier alpha value is -1.08. The van der Waals surface area contributed by atoms with Crippen LogP contribution in [-0.2, 0) is 4.74 Å². The molecular formula is C11H16N2O3S2. The maximum atomic E-state index is 11.7. The number of thiazole rings is 1. The SMILES string of the molecule is CCOC(=O)c1nc(NCCSC)sc1C(C)=O. The van der Waals surface area contributed by atoms with Crippen molar-refractivity contribution < 1.29 is 14.3 Å². The van der Waals surface area contributed by atoms with Crippen LogP contribution in [0.4, 0.5) is 5.13 Å². The van der Waals surface area contributed by atoms with Crippen LogP contribution in [0.25, 0.3) is 0 Å². The van der Waals surface area contributed by atoms with E-state index in [-0.39, 0.29) is 18.1 Å². The van der Waals surface area contributed by atoms with Gasteiger partial charge in [-0.1, -0.05) is 11.3 Å². The van der Waals surface area contributed by atoms with Crippen LogP contribution in [0.1, 0.15) is 34.0 Å². The van der Waals surface area contributed by atoms with E-state index >= 15 is 0 Å². The molecule has 0 saturated heterocycles. The van der Waals surface area contributed by atoms with Crippen LogP contribution in [-0.4, -0.2) is 41.9 Å². The Kier molecular flexibility index (Phi) is 6.14. The highest BCUT2D eigenvalue weighted by molar-refractivity contribution is 7.98. The average molecular weight is 288 g/mol. The Morgan fingerprint density at radius 3 is 2.78 bits per heavy atom. The largest absolute Gasteiger partial charge is 0.461 e. The summed E-state index contributed by atoms with van der Waals surface area (Å²) in [4.78, 5) is 27.6. The molecule has 0 atom stereocenters. The molecule has 1 aromatic heterocycles. The third-order valence-corrected chi connectivity index (χ3v) is 3.72. The molecule has 0 fully saturated rings. The van der Waals surface area contributed by atoms with Gasteiger partial charge in [-0.05, 0) is 13.2 Å². The number of ether oxygens (including phenoxy) is 1. The monoisotopic (exact) mass is 288 g/mol. The number of carbonyl (C=O) groups is 2. The van der Waals surface area contributed by atoms with Gasteiger partial charge in [0.05, 0.1) is 6.61 Å². The predicted octanol–water partition coefficient (Wildman–Crippen LogP) is 2.30. The molecular weight excluding hydrogens is 272 g/mol. The van der Waals surface area contributed by atoms with E-state index in [1.165, 1.54) is 18.3 Å². The van der Waals surface area contributed by atoms with Gasteiger partial charge in [0.15, 0.2) is 16.6 Å².